The van der Waals surface area contributed by atoms with Crippen molar-refractivity contribution in [3.63, 3.8) is 0 Å². The minimum absolute atomic E-state index is 0.120. The van der Waals surface area contributed by atoms with Crippen molar-refractivity contribution in [2.45, 2.75) is 12.1 Å². The number of rotatable bonds is 6. The number of fused-ring (bicyclic) bond motifs is 1. The number of amides is 1. The molecule has 2 aromatic heterocycles. The lowest BCUT2D eigenvalue weighted by Crippen LogP contribution is -2.14. The molecule has 2 heterocycles. The SMILES string of the molecule is Cc1ncccc1Oc1ccc(NC(=O)CSc2nc3ccc(Cl)cc3[nH]2)cc1. The largest absolute Gasteiger partial charge is 0.455 e. The summed E-state index contributed by atoms with van der Waals surface area (Å²) in [7, 11) is 0. The van der Waals surface area contributed by atoms with Crippen LogP contribution in [0.2, 0.25) is 5.02 Å². The van der Waals surface area contributed by atoms with Gasteiger partial charge in [-0.05, 0) is 61.5 Å². The highest BCUT2D eigenvalue weighted by Gasteiger charge is 2.08. The van der Waals surface area contributed by atoms with Gasteiger partial charge in [0.15, 0.2) is 5.16 Å². The average molecular weight is 425 g/mol. The number of hydrogen-bond donors (Lipinski definition) is 2. The third-order valence-corrected chi connectivity index (χ3v) is 5.19. The number of aromatic amines is 1. The summed E-state index contributed by atoms with van der Waals surface area (Å²) in [4.78, 5) is 24.0. The van der Waals surface area contributed by atoms with E-state index in [-0.39, 0.29) is 11.7 Å². The van der Waals surface area contributed by atoms with Gasteiger partial charge in [0.2, 0.25) is 5.91 Å². The third-order valence-electron chi connectivity index (χ3n) is 4.09. The number of aromatic nitrogens is 3. The number of hydrogen-bond acceptors (Lipinski definition) is 5. The van der Waals surface area contributed by atoms with Gasteiger partial charge < -0.3 is 15.0 Å². The molecule has 4 rings (SSSR count). The van der Waals surface area contributed by atoms with Crippen molar-refractivity contribution < 1.29 is 9.53 Å². The number of halogens is 1. The molecule has 0 atom stereocenters. The Hall–Kier alpha value is -3.03. The molecule has 0 aliphatic carbocycles. The highest BCUT2D eigenvalue weighted by molar-refractivity contribution is 7.99. The van der Waals surface area contributed by atoms with E-state index in [0.717, 1.165) is 16.7 Å². The summed E-state index contributed by atoms with van der Waals surface area (Å²) in [6.45, 7) is 1.89. The van der Waals surface area contributed by atoms with Gasteiger partial charge in [0.25, 0.3) is 0 Å². The van der Waals surface area contributed by atoms with Crippen LogP contribution in [0.1, 0.15) is 5.69 Å². The molecule has 146 valence electrons. The number of imidazole rings is 1. The van der Waals surface area contributed by atoms with Crippen LogP contribution in [0, 0.1) is 6.92 Å². The summed E-state index contributed by atoms with van der Waals surface area (Å²) < 4.78 is 5.81. The molecule has 0 spiro atoms. The number of carbonyl (C=O) groups is 1. The van der Waals surface area contributed by atoms with E-state index in [1.807, 2.05) is 31.2 Å². The van der Waals surface area contributed by atoms with Gasteiger partial charge in [-0.1, -0.05) is 23.4 Å². The van der Waals surface area contributed by atoms with E-state index in [1.165, 1.54) is 11.8 Å². The van der Waals surface area contributed by atoms with Gasteiger partial charge in [-0.2, -0.15) is 0 Å². The Kier molecular flexibility index (Phi) is 5.69. The lowest BCUT2D eigenvalue weighted by molar-refractivity contribution is -0.113. The molecule has 8 heteroatoms. The molecule has 0 saturated heterocycles. The van der Waals surface area contributed by atoms with Gasteiger partial charge in [-0.25, -0.2) is 4.98 Å². The topological polar surface area (TPSA) is 79.9 Å². The van der Waals surface area contributed by atoms with Gasteiger partial charge in [0.1, 0.15) is 11.5 Å². The van der Waals surface area contributed by atoms with Crippen molar-refractivity contribution in [2.75, 3.05) is 11.1 Å². The second-order valence-electron chi connectivity index (χ2n) is 6.25. The van der Waals surface area contributed by atoms with E-state index >= 15 is 0 Å². The number of thioether (sulfide) groups is 1. The van der Waals surface area contributed by atoms with E-state index < -0.39 is 0 Å². The number of aryl methyl sites for hydroxylation is 1. The first-order valence-electron chi connectivity index (χ1n) is 8.84. The van der Waals surface area contributed by atoms with E-state index in [2.05, 4.69) is 20.3 Å². The van der Waals surface area contributed by atoms with Gasteiger partial charge in [-0.3, -0.25) is 9.78 Å². The van der Waals surface area contributed by atoms with E-state index in [1.54, 1.807) is 36.5 Å². The minimum atomic E-state index is -0.120. The summed E-state index contributed by atoms with van der Waals surface area (Å²) in [5.41, 5.74) is 3.17. The highest BCUT2D eigenvalue weighted by Crippen LogP contribution is 2.25. The van der Waals surface area contributed by atoms with Crippen molar-refractivity contribution in [2.24, 2.45) is 0 Å². The summed E-state index contributed by atoms with van der Waals surface area (Å²) >= 11 is 7.31. The van der Waals surface area contributed by atoms with Crippen LogP contribution >= 0.6 is 23.4 Å². The molecule has 0 unspecified atom stereocenters. The van der Waals surface area contributed by atoms with Crippen molar-refractivity contribution in [1.82, 2.24) is 15.0 Å². The smallest absolute Gasteiger partial charge is 0.234 e. The van der Waals surface area contributed by atoms with Crippen LogP contribution in [0.15, 0.2) is 66.0 Å². The molecule has 6 nitrogen and oxygen atoms in total. The molecule has 1 amide bonds. The second kappa shape index (κ2) is 8.55. The van der Waals surface area contributed by atoms with Gasteiger partial charge in [0.05, 0.1) is 22.5 Å². The van der Waals surface area contributed by atoms with Crippen LogP contribution in [-0.2, 0) is 4.79 Å². The first-order valence-corrected chi connectivity index (χ1v) is 10.2. The lowest BCUT2D eigenvalue weighted by atomic mass is 10.3. The molecule has 0 bridgehead atoms. The maximum atomic E-state index is 12.2. The lowest BCUT2D eigenvalue weighted by Gasteiger charge is -2.09. The fraction of sp³-hybridized carbons (Fsp3) is 0.0952. The molecule has 29 heavy (non-hydrogen) atoms. The molecule has 0 aliphatic heterocycles. The van der Waals surface area contributed by atoms with E-state index in [4.69, 9.17) is 16.3 Å². The number of carbonyl (C=O) groups excluding carboxylic acids is 1. The first-order chi connectivity index (χ1) is 14.1. The number of nitrogens with zero attached hydrogens (tertiary/aromatic N) is 2. The van der Waals surface area contributed by atoms with E-state index in [0.29, 0.717) is 27.4 Å². The normalized spacial score (nSPS) is 10.8. The molecule has 0 fully saturated rings. The monoisotopic (exact) mass is 424 g/mol. The number of nitrogens with one attached hydrogen (secondary N) is 2. The molecular weight excluding hydrogens is 408 g/mol. The maximum Gasteiger partial charge on any atom is 0.234 e. The van der Waals surface area contributed by atoms with Crippen molar-refractivity contribution in [3.05, 3.63) is 71.5 Å². The zero-order valence-corrected chi connectivity index (χ0v) is 17.1. The fourth-order valence-corrected chi connectivity index (χ4v) is 3.53. The van der Waals surface area contributed by atoms with Crippen molar-refractivity contribution >= 4 is 46.0 Å². The molecule has 2 N–H and O–H groups in total. The Labute approximate surface area is 176 Å². The van der Waals surface area contributed by atoms with Crippen LogP contribution < -0.4 is 10.1 Å². The average Bonchev–Trinajstić information content (AvgIpc) is 3.12. The maximum absolute atomic E-state index is 12.2. The number of benzene rings is 2. The summed E-state index contributed by atoms with van der Waals surface area (Å²) in [6, 6.07) is 16.3. The summed E-state index contributed by atoms with van der Waals surface area (Å²) in [5, 5.41) is 4.18. The molecule has 2 aromatic carbocycles. The Morgan fingerprint density at radius 1 is 1.21 bits per heavy atom. The number of pyridine rings is 1. The minimum Gasteiger partial charge on any atom is -0.455 e. The van der Waals surface area contributed by atoms with Crippen molar-refractivity contribution in [3.8, 4) is 11.5 Å². The zero-order chi connectivity index (χ0) is 20.2. The number of anilines is 1. The zero-order valence-electron chi connectivity index (χ0n) is 15.5. The van der Waals surface area contributed by atoms with Crippen LogP contribution in [-0.4, -0.2) is 26.6 Å². The number of H-pyrrole nitrogens is 1. The third kappa shape index (κ3) is 4.88. The second-order valence-corrected chi connectivity index (χ2v) is 7.65. The number of ether oxygens (including phenoxy) is 1. The van der Waals surface area contributed by atoms with Crippen LogP contribution in [0.4, 0.5) is 5.69 Å². The van der Waals surface area contributed by atoms with Crippen LogP contribution in [0.5, 0.6) is 11.5 Å². The van der Waals surface area contributed by atoms with E-state index in [9.17, 15) is 4.79 Å². The van der Waals surface area contributed by atoms with Crippen molar-refractivity contribution in [1.29, 1.82) is 0 Å². The summed E-state index contributed by atoms with van der Waals surface area (Å²) in [5.74, 6) is 1.49. The molecule has 0 saturated carbocycles. The quantitative estimate of drug-likeness (QED) is 0.403. The van der Waals surface area contributed by atoms with Gasteiger partial charge in [-0.15, -0.1) is 0 Å². The molecule has 0 aliphatic rings. The van der Waals surface area contributed by atoms with Crippen LogP contribution in [0.25, 0.3) is 11.0 Å². The Morgan fingerprint density at radius 2 is 2.03 bits per heavy atom. The molecule has 0 radical (unpaired) electrons. The Bertz CT molecular complexity index is 1160. The molecule has 4 aromatic rings. The molecular formula is C21H17ClN4O2S. The van der Waals surface area contributed by atoms with Gasteiger partial charge in [0, 0.05) is 16.9 Å². The Morgan fingerprint density at radius 3 is 2.83 bits per heavy atom. The Balaban J connectivity index is 1.32. The standard InChI is InChI=1S/C21H17ClN4O2S/c1-13-19(3-2-10-23-13)28-16-7-5-15(6-8-16)24-20(27)12-29-21-25-17-9-4-14(22)11-18(17)26-21/h2-11H,12H2,1H3,(H,24,27)(H,25,26). The predicted molar refractivity (Wildman–Crippen MR) is 116 cm³/mol. The van der Waals surface area contributed by atoms with Gasteiger partial charge >= 0.3 is 0 Å². The highest BCUT2D eigenvalue weighted by atomic mass is 35.5. The first kappa shape index (κ1) is 19.3. The van der Waals surface area contributed by atoms with Crippen LogP contribution in [0.3, 0.4) is 0 Å². The fourth-order valence-electron chi connectivity index (χ4n) is 2.67. The summed E-state index contributed by atoms with van der Waals surface area (Å²) in [6.07, 6.45) is 1.72. The predicted octanol–water partition coefficient (Wildman–Crippen LogP) is 5.44.